The van der Waals surface area contributed by atoms with Gasteiger partial charge >= 0.3 is 0 Å². The first-order valence-electron chi connectivity index (χ1n) is 6.76. The first kappa shape index (κ1) is 13.0. The summed E-state index contributed by atoms with van der Waals surface area (Å²) >= 11 is 0. The number of hydrogen-bond acceptors (Lipinski definition) is 5. The third kappa shape index (κ3) is 2.95. The Hall–Kier alpha value is -1.98. The first-order valence-corrected chi connectivity index (χ1v) is 6.76. The summed E-state index contributed by atoms with van der Waals surface area (Å²) < 4.78 is 5.83. The van der Waals surface area contributed by atoms with Crippen molar-refractivity contribution >= 4 is 5.82 Å². The predicted octanol–water partition coefficient (Wildman–Crippen LogP) is 1.63. The Balaban J connectivity index is 1.68. The fourth-order valence-electron chi connectivity index (χ4n) is 2.44. The molecule has 0 aromatic carbocycles. The molecule has 0 radical (unpaired) electrons. The molecule has 104 valence electrons. The van der Waals surface area contributed by atoms with E-state index < -0.39 is 0 Å². The minimum atomic E-state index is 0.0790. The molecule has 2 N–H and O–H groups in total. The topological polar surface area (TPSA) is 64.3 Å². The van der Waals surface area contributed by atoms with Crippen molar-refractivity contribution in [2.75, 3.05) is 25.4 Å². The van der Waals surface area contributed by atoms with Crippen LogP contribution in [0.2, 0.25) is 0 Å². The van der Waals surface area contributed by atoms with Crippen LogP contribution in [0.1, 0.15) is 17.2 Å². The fraction of sp³-hybridized carbons (Fsp3) is 0.333. The van der Waals surface area contributed by atoms with Crippen molar-refractivity contribution in [3.8, 4) is 0 Å². The zero-order valence-electron chi connectivity index (χ0n) is 11.3. The second-order valence-electron chi connectivity index (χ2n) is 4.93. The lowest BCUT2D eigenvalue weighted by atomic mass is 10.1. The molecule has 0 saturated carbocycles. The van der Waals surface area contributed by atoms with Crippen molar-refractivity contribution < 1.29 is 4.74 Å². The van der Waals surface area contributed by atoms with Crippen molar-refractivity contribution in [2.45, 2.75) is 12.6 Å². The molecular weight excluding hydrogens is 252 g/mol. The fourth-order valence-corrected chi connectivity index (χ4v) is 2.44. The molecule has 3 heterocycles. The quantitative estimate of drug-likeness (QED) is 0.918. The summed E-state index contributed by atoms with van der Waals surface area (Å²) in [6.45, 7) is 3.28. The molecule has 3 rings (SSSR count). The summed E-state index contributed by atoms with van der Waals surface area (Å²) in [5.74, 6) is 0.608. The van der Waals surface area contributed by atoms with Gasteiger partial charge in [0.15, 0.2) is 0 Å². The molecule has 0 bridgehead atoms. The highest BCUT2D eigenvalue weighted by Crippen LogP contribution is 2.23. The SMILES string of the molecule is Nc1ncccc1CN1CCO[C@H](c2cccnc2)C1. The Labute approximate surface area is 118 Å². The third-order valence-electron chi connectivity index (χ3n) is 3.53. The maximum Gasteiger partial charge on any atom is 0.127 e. The molecule has 0 amide bonds. The molecule has 1 atom stereocenters. The van der Waals surface area contributed by atoms with Crippen molar-refractivity contribution in [3.63, 3.8) is 0 Å². The smallest absolute Gasteiger partial charge is 0.127 e. The van der Waals surface area contributed by atoms with Gasteiger partial charge in [-0.2, -0.15) is 0 Å². The van der Waals surface area contributed by atoms with E-state index in [4.69, 9.17) is 10.5 Å². The van der Waals surface area contributed by atoms with Gasteiger partial charge in [0.1, 0.15) is 5.82 Å². The molecular formula is C15H18N4O. The summed E-state index contributed by atoms with van der Waals surface area (Å²) in [6, 6.07) is 7.94. The van der Waals surface area contributed by atoms with E-state index in [1.807, 2.05) is 24.4 Å². The van der Waals surface area contributed by atoms with Gasteiger partial charge in [0.05, 0.1) is 12.7 Å². The Morgan fingerprint density at radius 1 is 1.30 bits per heavy atom. The summed E-state index contributed by atoms with van der Waals surface area (Å²) in [7, 11) is 0. The van der Waals surface area contributed by atoms with Gasteiger partial charge in [-0.15, -0.1) is 0 Å². The Morgan fingerprint density at radius 3 is 3.00 bits per heavy atom. The largest absolute Gasteiger partial charge is 0.383 e. The number of nitrogens with two attached hydrogens (primary N) is 1. The summed E-state index contributed by atoms with van der Waals surface area (Å²) in [5, 5.41) is 0. The standard InChI is InChI=1S/C15H18N4O/c16-15-13(4-2-6-18-15)10-19-7-8-20-14(11-19)12-3-1-5-17-9-12/h1-6,9,14H,7-8,10-11H2,(H2,16,18)/t14-/m0/s1. The number of rotatable bonds is 3. The Morgan fingerprint density at radius 2 is 2.20 bits per heavy atom. The van der Waals surface area contributed by atoms with Crippen molar-refractivity contribution in [3.05, 3.63) is 54.0 Å². The first-order chi connectivity index (χ1) is 9.83. The van der Waals surface area contributed by atoms with Gasteiger partial charge in [-0.3, -0.25) is 9.88 Å². The van der Waals surface area contributed by atoms with Crippen LogP contribution in [0, 0.1) is 0 Å². The van der Waals surface area contributed by atoms with Gasteiger partial charge in [-0.25, -0.2) is 4.98 Å². The van der Waals surface area contributed by atoms with Gasteiger partial charge in [0.2, 0.25) is 0 Å². The van der Waals surface area contributed by atoms with Crippen LogP contribution < -0.4 is 5.73 Å². The van der Waals surface area contributed by atoms with Crippen LogP contribution in [-0.2, 0) is 11.3 Å². The van der Waals surface area contributed by atoms with Crippen LogP contribution in [0.4, 0.5) is 5.82 Å². The second-order valence-corrected chi connectivity index (χ2v) is 4.93. The number of nitrogen functional groups attached to an aromatic ring is 1. The number of morpholine rings is 1. The highest BCUT2D eigenvalue weighted by atomic mass is 16.5. The average Bonchev–Trinajstić information content (AvgIpc) is 2.51. The lowest BCUT2D eigenvalue weighted by Gasteiger charge is -2.33. The predicted molar refractivity (Wildman–Crippen MR) is 76.9 cm³/mol. The number of anilines is 1. The van der Waals surface area contributed by atoms with Gasteiger partial charge < -0.3 is 10.5 Å². The van der Waals surface area contributed by atoms with Gasteiger partial charge in [0, 0.05) is 49.4 Å². The zero-order chi connectivity index (χ0) is 13.8. The van der Waals surface area contributed by atoms with E-state index in [0.717, 1.165) is 37.4 Å². The van der Waals surface area contributed by atoms with Gasteiger partial charge in [0.25, 0.3) is 0 Å². The Bertz CT molecular complexity index is 561. The third-order valence-corrected chi connectivity index (χ3v) is 3.53. The zero-order valence-corrected chi connectivity index (χ0v) is 11.3. The maximum atomic E-state index is 5.90. The molecule has 0 unspecified atom stereocenters. The van der Waals surface area contributed by atoms with E-state index in [2.05, 4.69) is 20.9 Å². The molecule has 20 heavy (non-hydrogen) atoms. The lowest BCUT2D eigenvalue weighted by molar-refractivity contribution is -0.0330. The van der Waals surface area contributed by atoms with Crippen LogP contribution in [0.25, 0.3) is 0 Å². The average molecular weight is 270 g/mol. The van der Waals surface area contributed by atoms with E-state index in [1.54, 1.807) is 12.4 Å². The van der Waals surface area contributed by atoms with E-state index in [0.29, 0.717) is 5.82 Å². The van der Waals surface area contributed by atoms with Crippen molar-refractivity contribution in [1.82, 2.24) is 14.9 Å². The van der Waals surface area contributed by atoms with Crippen LogP contribution in [0.5, 0.6) is 0 Å². The molecule has 2 aromatic heterocycles. The minimum absolute atomic E-state index is 0.0790. The van der Waals surface area contributed by atoms with Crippen LogP contribution in [-0.4, -0.2) is 34.6 Å². The lowest BCUT2D eigenvalue weighted by Crippen LogP contribution is -2.38. The summed E-state index contributed by atoms with van der Waals surface area (Å²) in [4.78, 5) is 10.6. The van der Waals surface area contributed by atoms with E-state index >= 15 is 0 Å². The molecule has 2 aromatic rings. The minimum Gasteiger partial charge on any atom is -0.383 e. The molecule has 1 fully saturated rings. The molecule has 1 aliphatic rings. The number of ether oxygens (including phenoxy) is 1. The van der Waals surface area contributed by atoms with E-state index in [1.165, 1.54) is 0 Å². The number of pyridine rings is 2. The number of nitrogens with zero attached hydrogens (tertiary/aromatic N) is 3. The molecule has 1 saturated heterocycles. The molecule has 5 nitrogen and oxygen atoms in total. The van der Waals surface area contributed by atoms with Crippen LogP contribution >= 0.6 is 0 Å². The molecule has 0 spiro atoms. The highest BCUT2D eigenvalue weighted by molar-refractivity contribution is 5.38. The molecule has 5 heteroatoms. The normalized spacial score (nSPS) is 19.9. The molecule has 0 aliphatic carbocycles. The van der Waals surface area contributed by atoms with Crippen LogP contribution in [0.3, 0.4) is 0 Å². The summed E-state index contributed by atoms with van der Waals surface area (Å²) in [6.07, 6.45) is 5.44. The van der Waals surface area contributed by atoms with Crippen molar-refractivity contribution in [1.29, 1.82) is 0 Å². The van der Waals surface area contributed by atoms with Crippen molar-refractivity contribution in [2.24, 2.45) is 0 Å². The van der Waals surface area contributed by atoms with E-state index in [-0.39, 0.29) is 6.10 Å². The van der Waals surface area contributed by atoms with Crippen LogP contribution in [0.15, 0.2) is 42.9 Å². The summed E-state index contributed by atoms with van der Waals surface area (Å²) in [5.41, 5.74) is 8.09. The maximum absolute atomic E-state index is 5.90. The van der Waals surface area contributed by atoms with E-state index in [9.17, 15) is 0 Å². The Kier molecular flexibility index (Phi) is 3.90. The molecule has 1 aliphatic heterocycles. The second kappa shape index (κ2) is 5.98. The number of hydrogen-bond donors (Lipinski definition) is 1. The highest BCUT2D eigenvalue weighted by Gasteiger charge is 2.22. The monoisotopic (exact) mass is 270 g/mol. The van der Waals surface area contributed by atoms with Gasteiger partial charge in [-0.05, 0) is 12.1 Å². The van der Waals surface area contributed by atoms with Gasteiger partial charge in [-0.1, -0.05) is 12.1 Å². The number of aromatic nitrogens is 2.